The van der Waals surface area contributed by atoms with Gasteiger partial charge in [0.1, 0.15) is 0 Å². The summed E-state index contributed by atoms with van der Waals surface area (Å²) in [7, 11) is 1.43. The van der Waals surface area contributed by atoms with Crippen LogP contribution in [0.15, 0.2) is 91.1 Å². The average Bonchev–Trinajstić information content (AvgIpc) is 2.89. The number of ketones is 1. The van der Waals surface area contributed by atoms with Gasteiger partial charge in [-0.25, -0.2) is 0 Å². The van der Waals surface area contributed by atoms with Gasteiger partial charge in [-0.05, 0) is 62.1 Å². The number of hydrogen-bond donors (Lipinski definition) is 0. The second kappa shape index (κ2) is 17.3. The first-order chi connectivity index (χ1) is 17.1. The van der Waals surface area contributed by atoms with Gasteiger partial charge < -0.3 is 4.74 Å². The molecule has 0 amide bonds. The molecule has 0 fully saturated rings. The van der Waals surface area contributed by atoms with Crippen molar-refractivity contribution in [3.05, 3.63) is 96.6 Å². The van der Waals surface area contributed by atoms with Crippen molar-refractivity contribution in [3.63, 3.8) is 0 Å². The Hall–Kier alpha value is -3.20. The van der Waals surface area contributed by atoms with Gasteiger partial charge in [0, 0.05) is 17.9 Å². The molecule has 0 heterocycles. The Morgan fingerprint density at radius 3 is 2.00 bits per heavy atom. The van der Waals surface area contributed by atoms with E-state index in [4.69, 9.17) is 0 Å². The number of methoxy groups -OCH3 is 1. The van der Waals surface area contributed by atoms with Crippen molar-refractivity contribution < 1.29 is 14.3 Å². The van der Waals surface area contributed by atoms with E-state index in [1.807, 2.05) is 37.3 Å². The molecule has 2 aromatic carbocycles. The van der Waals surface area contributed by atoms with Crippen LogP contribution in [0.5, 0.6) is 0 Å². The molecule has 0 spiro atoms. The maximum absolute atomic E-state index is 12.9. The van der Waals surface area contributed by atoms with E-state index in [2.05, 4.69) is 65.5 Å². The summed E-state index contributed by atoms with van der Waals surface area (Å²) in [5.74, 6) is 0.144. The number of allylic oxidation sites excluding steroid dienone is 8. The summed E-state index contributed by atoms with van der Waals surface area (Å²) >= 11 is 0. The Morgan fingerprint density at radius 1 is 0.771 bits per heavy atom. The number of fused-ring (bicyclic) bond motifs is 1. The summed E-state index contributed by atoms with van der Waals surface area (Å²) in [6.45, 7) is 2.05. The van der Waals surface area contributed by atoms with E-state index in [0.29, 0.717) is 6.42 Å². The molecular weight excluding hydrogens is 432 g/mol. The molecule has 186 valence electrons. The molecule has 35 heavy (non-hydrogen) atoms. The lowest BCUT2D eigenvalue weighted by Crippen LogP contribution is -2.11. The minimum atomic E-state index is -0.140. The first-order valence-electron chi connectivity index (χ1n) is 12.8. The maximum Gasteiger partial charge on any atom is 0.305 e. The van der Waals surface area contributed by atoms with Gasteiger partial charge in [0.2, 0.25) is 0 Å². The summed E-state index contributed by atoms with van der Waals surface area (Å²) in [4.78, 5) is 23.9. The number of Topliss-reactive ketones (excluding diaryl/α,β-unsaturated/α-hetero) is 1. The van der Waals surface area contributed by atoms with Gasteiger partial charge >= 0.3 is 5.97 Å². The van der Waals surface area contributed by atoms with Crippen molar-refractivity contribution in [1.29, 1.82) is 0 Å². The summed E-state index contributed by atoms with van der Waals surface area (Å²) in [6.07, 6.45) is 25.4. The molecule has 3 nitrogen and oxygen atoms in total. The number of benzene rings is 2. The number of rotatable bonds is 16. The van der Waals surface area contributed by atoms with Crippen LogP contribution in [0.4, 0.5) is 0 Å². The number of esters is 1. The molecule has 0 bridgehead atoms. The molecule has 0 radical (unpaired) electrons. The van der Waals surface area contributed by atoms with Crippen LogP contribution < -0.4 is 0 Å². The summed E-state index contributed by atoms with van der Waals surface area (Å²) < 4.78 is 4.62. The van der Waals surface area contributed by atoms with Crippen molar-refractivity contribution in [2.75, 3.05) is 7.11 Å². The molecule has 2 aromatic rings. The molecule has 0 aliphatic carbocycles. The predicted molar refractivity (Wildman–Crippen MR) is 148 cm³/mol. The zero-order chi connectivity index (χ0) is 25.1. The summed E-state index contributed by atoms with van der Waals surface area (Å²) in [5.41, 5.74) is 0.844. The lowest BCUT2D eigenvalue weighted by molar-refractivity contribution is -0.140. The first-order valence-corrected chi connectivity index (χ1v) is 12.8. The van der Waals surface area contributed by atoms with Gasteiger partial charge in [-0.15, -0.1) is 0 Å². The van der Waals surface area contributed by atoms with Crippen LogP contribution in [0, 0.1) is 5.92 Å². The third-order valence-corrected chi connectivity index (χ3v) is 5.97. The number of carbonyl (C=O) groups is 2. The molecule has 0 saturated carbocycles. The van der Waals surface area contributed by atoms with Crippen molar-refractivity contribution in [3.8, 4) is 0 Å². The number of unbranched alkanes of at least 4 members (excludes halogenated alkanes) is 2. The lowest BCUT2D eigenvalue weighted by Gasteiger charge is -2.12. The van der Waals surface area contributed by atoms with Gasteiger partial charge in [-0.3, -0.25) is 9.59 Å². The smallest absolute Gasteiger partial charge is 0.305 e. The quantitative estimate of drug-likeness (QED) is 0.106. The molecule has 2 rings (SSSR count). The van der Waals surface area contributed by atoms with Crippen LogP contribution in [0.2, 0.25) is 0 Å². The van der Waals surface area contributed by atoms with Crippen molar-refractivity contribution in [1.82, 2.24) is 0 Å². The van der Waals surface area contributed by atoms with E-state index in [0.717, 1.165) is 67.7 Å². The first kappa shape index (κ1) is 28.0. The van der Waals surface area contributed by atoms with Gasteiger partial charge in [0.25, 0.3) is 0 Å². The number of carbonyl (C=O) groups excluding carboxylic acids is 2. The highest BCUT2D eigenvalue weighted by Gasteiger charge is 2.16. The Bertz CT molecular complexity index is 1020. The molecule has 3 heteroatoms. The van der Waals surface area contributed by atoms with E-state index in [9.17, 15) is 9.59 Å². The molecule has 1 unspecified atom stereocenters. The Kier molecular flexibility index (Phi) is 13.8. The van der Waals surface area contributed by atoms with Gasteiger partial charge in [-0.1, -0.05) is 98.0 Å². The van der Waals surface area contributed by atoms with Gasteiger partial charge in [-0.2, -0.15) is 0 Å². The summed E-state index contributed by atoms with van der Waals surface area (Å²) in [6, 6.07) is 14.1. The van der Waals surface area contributed by atoms with Crippen molar-refractivity contribution in [2.24, 2.45) is 5.92 Å². The fourth-order valence-electron chi connectivity index (χ4n) is 3.89. The second-order valence-electron chi connectivity index (χ2n) is 8.78. The monoisotopic (exact) mass is 472 g/mol. The average molecular weight is 473 g/mol. The van der Waals surface area contributed by atoms with Crippen LogP contribution in [0.3, 0.4) is 0 Å². The van der Waals surface area contributed by atoms with E-state index in [1.54, 1.807) is 0 Å². The minimum absolute atomic E-state index is 0.0376. The van der Waals surface area contributed by atoms with Gasteiger partial charge in [0.15, 0.2) is 5.78 Å². The summed E-state index contributed by atoms with van der Waals surface area (Å²) in [5, 5.41) is 2.18. The van der Waals surface area contributed by atoms with Gasteiger partial charge in [0.05, 0.1) is 7.11 Å². The van der Waals surface area contributed by atoms with Crippen LogP contribution in [-0.4, -0.2) is 18.9 Å². The molecule has 1 atom stereocenters. The van der Waals surface area contributed by atoms with E-state index in [1.165, 1.54) is 7.11 Å². The largest absolute Gasteiger partial charge is 0.469 e. The zero-order valence-corrected chi connectivity index (χ0v) is 21.3. The molecule has 0 aliphatic rings. The third kappa shape index (κ3) is 11.2. The molecule has 0 N–H and O–H groups in total. The lowest BCUT2D eigenvalue weighted by atomic mass is 9.91. The number of hydrogen-bond acceptors (Lipinski definition) is 3. The van der Waals surface area contributed by atoms with E-state index < -0.39 is 0 Å². The van der Waals surface area contributed by atoms with Crippen LogP contribution in [0.25, 0.3) is 10.8 Å². The molecule has 0 aromatic heterocycles. The minimum Gasteiger partial charge on any atom is -0.469 e. The fourth-order valence-corrected chi connectivity index (χ4v) is 3.89. The predicted octanol–water partition coefficient (Wildman–Crippen LogP) is 8.57. The fraction of sp³-hybridized carbons (Fsp3) is 0.375. The van der Waals surface area contributed by atoms with Crippen LogP contribution in [-0.2, 0) is 9.53 Å². The van der Waals surface area contributed by atoms with Crippen LogP contribution >= 0.6 is 0 Å². The van der Waals surface area contributed by atoms with Crippen molar-refractivity contribution >= 4 is 22.5 Å². The highest BCUT2D eigenvalue weighted by atomic mass is 16.5. The Morgan fingerprint density at radius 2 is 1.34 bits per heavy atom. The van der Waals surface area contributed by atoms with E-state index >= 15 is 0 Å². The Labute approximate surface area is 211 Å². The SMILES string of the molecule is COC(=O)CCC/C=C/C/C=C/C/C=C/C/C=C/CCCC(C)C(=O)c1cccc2ccccc12. The van der Waals surface area contributed by atoms with E-state index in [-0.39, 0.29) is 17.7 Å². The molecule has 0 saturated heterocycles. The standard InChI is InChI=1S/C32H40O3/c1-27(32(34)30-25-20-23-28-22-18-19-24-29(28)30)21-16-14-12-10-8-6-4-3-5-7-9-11-13-15-17-26-31(33)35-2/h4-7,10-13,18-20,22-25,27H,3,8-9,14-17,21,26H2,1-2H3/b6-4+,7-5+,12-10+,13-11+. The normalized spacial score (nSPS) is 13.0. The maximum atomic E-state index is 12.9. The van der Waals surface area contributed by atoms with Crippen molar-refractivity contribution in [2.45, 2.75) is 64.7 Å². The number of ether oxygens (including phenoxy) is 1. The molecular formula is C32H40O3. The highest BCUT2D eigenvalue weighted by Crippen LogP contribution is 2.23. The highest BCUT2D eigenvalue weighted by molar-refractivity contribution is 6.08. The topological polar surface area (TPSA) is 43.4 Å². The second-order valence-corrected chi connectivity index (χ2v) is 8.78. The molecule has 0 aliphatic heterocycles. The third-order valence-electron chi connectivity index (χ3n) is 5.97. The van der Waals surface area contributed by atoms with Crippen LogP contribution in [0.1, 0.15) is 75.1 Å². The zero-order valence-electron chi connectivity index (χ0n) is 21.3. The Balaban J connectivity index is 1.54.